The average Bonchev–Trinajstić information content (AvgIpc) is 3.01. The van der Waals surface area contributed by atoms with Crippen molar-refractivity contribution in [1.82, 2.24) is 0 Å². The van der Waals surface area contributed by atoms with E-state index in [1.54, 1.807) is 0 Å². The Bertz CT molecular complexity index is 1050. The summed E-state index contributed by atoms with van der Waals surface area (Å²) < 4.78 is 1.02. The van der Waals surface area contributed by atoms with Crippen LogP contribution in [0, 0.1) is 6.92 Å². The summed E-state index contributed by atoms with van der Waals surface area (Å²) in [4.78, 5) is 15.1. The molecule has 0 bridgehead atoms. The molecule has 0 radical (unpaired) electrons. The number of halogens is 1. The lowest BCUT2D eigenvalue weighted by Crippen LogP contribution is -2.25. The van der Waals surface area contributed by atoms with Gasteiger partial charge < -0.3 is 0 Å². The second-order valence-corrected chi connectivity index (χ2v) is 7.39. The van der Waals surface area contributed by atoms with Crippen molar-refractivity contribution in [2.75, 3.05) is 4.90 Å². The number of amides is 1. The average molecular weight is 416 g/mol. The molecule has 3 heteroatoms. The van der Waals surface area contributed by atoms with Gasteiger partial charge >= 0.3 is 0 Å². The summed E-state index contributed by atoms with van der Waals surface area (Å²) >= 11 is 3.45. The lowest BCUT2D eigenvalue weighted by Gasteiger charge is -2.22. The highest BCUT2D eigenvalue weighted by Gasteiger charge is 2.31. The fraction of sp³-hybridized carbons (Fsp3) is 0.0417. The molecule has 0 unspecified atom stereocenters. The van der Waals surface area contributed by atoms with E-state index >= 15 is 0 Å². The molecule has 0 spiro atoms. The van der Waals surface area contributed by atoms with Crippen LogP contribution in [-0.4, -0.2) is 5.91 Å². The molecule has 3 aromatic rings. The quantitative estimate of drug-likeness (QED) is 0.464. The largest absolute Gasteiger partial charge is 0.276 e. The first-order valence-corrected chi connectivity index (χ1v) is 9.57. The molecule has 3 aromatic carbocycles. The van der Waals surface area contributed by atoms with Gasteiger partial charge in [0.05, 0.1) is 11.4 Å². The van der Waals surface area contributed by atoms with E-state index in [0.717, 1.165) is 32.5 Å². The van der Waals surface area contributed by atoms with Gasteiger partial charge in [0.25, 0.3) is 5.91 Å². The minimum absolute atomic E-state index is 0.00827. The molecular weight excluding hydrogens is 398 g/mol. The highest BCUT2D eigenvalue weighted by molar-refractivity contribution is 9.10. The summed E-state index contributed by atoms with van der Waals surface area (Å²) in [7, 11) is 0. The van der Waals surface area contributed by atoms with Crippen LogP contribution in [0.3, 0.4) is 0 Å². The summed E-state index contributed by atoms with van der Waals surface area (Å²) in [6.45, 7) is 2.03. The van der Waals surface area contributed by atoms with Gasteiger partial charge in [0, 0.05) is 10.0 Å². The number of carbonyl (C=O) groups is 1. The van der Waals surface area contributed by atoms with Crippen LogP contribution < -0.4 is 4.90 Å². The molecule has 1 aliphatic rings. The molecule has 0 N–H and O–H groups in total. The van der Waals surface area contributed by atoms with Crippen molar-refractivity contribution in [3.05, 3.63) is 112 Å². The molecule has 1 amide bonds. The summed E-state index contributed by atoms with van der Waals surface area (Å²) in [6.07, 6.45) is 3.92. The third kappa shape index (κ3) is 3.51. The van der Waals surface area contributed by atoms with Crippen LogP contribution in [0.2, 0.25) is 0 Å². The van der Waals surface area contributed by atoms with Crippen LogP contribution in [0.4, 0.5) is 5.69 Å². The Morgan fingerprint density at radius 1 is 0.852 bits per heavy atom. The maximum Gasteiger partial charge on any atom is 0.262 e. The van der Waals surface area contributed by atoms with Crippen LogP contribution >= 0.6 is 15.9 Å². The van der Waals surface area contributed by atoms with Crippen molar-refractivity contribution in [2.45, 2.75) is 6.92 Å². The van der Waals surface area contributed by atoms with Gasteiger partial charge in [-0.1, -0.05) is 76.6 Å². The van der Waals surface area contributed by atoms with Gasteiger partial charge in [-0.2, -0.15) is 0 Å². The maximum absolute atomic E-state index is 13.3. The molecule has 0 aromatic heterocycles. The molecule has 0 atom stereocenters. The number of aryl methyl sites for hydroxylation is 1. The second kappa shape index (κ2) is 7.37. The van der Waals surface area contributed by atoms with E-state index in [1.165, 1.54) is 0 Å². The standard InChI is InChI=1S/C24H18BrNO/c1-17-7-5-6-10-22(17)26-23(19-8-3-2-4-9-19)16-20(24(26)27)15-18-11-13-21(25)14-12-18/h2-16H,1H3. The van der Waals surface area contributed by atoms with E-state index in [-0.39, 0.29) is 5.91 Å². The predicted molar refractivity (Wildman–Crippen MR) is 115 cm³/mol. The monoisotopic (exact) mass is 415 g/mol. The minimum Gasteiger partial charge on any atom is -0.276 e. The minimum atomic E-state index is -0.00827. The van der Waals surface area contributed by atoms with E-state index in [4.69, 9.17) is 0 Å². The number of benzene rings is 3. The number of anilines is 1. The maximum atomic E-state index is 13.3. The fourth-order valence-corrected chi connectivity index (χ4v) is 3.49. The first-order valence-electron chi connectivity index (χ1n) is 8.78. The first kappa shape index (κ1) is 17.5. The highest BCUT2D eigenvalue weighted by atomic mass is 79.9. The van der Waals surface area contributed by atoms with Crippen molar-refractivity contribution in [3.63, 3.8) is 0 Å². The topological polar surface area (TPSA) is 20.3 Å². The van der Waals surface area contributed by atoms with E-state index in [2.05, 4.69) is 15.9 Å². The molecule has 1 heterocycles. The van der Waals surface area contributed by atoms with E-state index in [0.29, 0.717) is 5.57 Å². The summed E-state index contributed by atoms with van der Waals surface area (Å²) in [5.41, 5.74) is 5.58. The molecule has 0 fully saturated rings. The van der Waals surface area contributed by atoms with E-state index in [9.17, 15) is 4.79 Å². The van der Waals surface area contributed by atoms with Crippen LogP contribution in [0.25, 0.3) is 11.8 Å². The number of nitrogens with zero attached hydrogens (tertiary/aromatic N) is 1. The Kier molecular flexibility index (Phi) is 4.78. The Morgan fingerprint density at radius 2 is 1.52 bits per heavy atom. The fourth-order valence-electron chi connectivity index (χ4n) is 3.23. The number of hydrogen-bond acceptors (Lipinski definition) is 1. The van der Waals surface area contributed by atoms with Gasteiger partial charge in [0.15, 0.2) is 0 Å². The first-order chi connectivity index (χ1) is 13.1. The number of hydrogen-bond donors (Lipinski definition) is 0. The zero-order valence-electron chi connectivity index (χ0n) is 14.9. The number of para-hydroxylation sites is 1. The Hall–Kier alpha value is -2.91. The molecule has 0 aliphatic carbocycles. The van der Waals surface area contributed by atoms with Gasteiger partial charge in [0.2, 0.25) is 0 Å². The van der Waals surface area contributed by atoms with Crippen molar-refractivity contribution in [3.8, 4) is 0 Å². The molecule has 0 saturated heterocycles. The Balaban J connectivity index is 1.84. The van der Waals surface area contributed by atoms with Gasteiger partial charge in [-0.15, -0.1) is 0 Å². The lowest BCUT2D eigenvalue weighted by atomic mass is 10.1. The van der Waals surface area contributed by atoms with Crippen molar-refractivity contribution in [2.24, 2.45) is 0 Å². The third-order valence-electron chi connectivity index (χ3n) is 4.60. The van der Waals surface area contributed by atoms with Crippen LogP contribution in [0.5, 0.6) is 0 Å². The highest BCUT2D eigenvalue weighted by Crippen LogP contribution is 2.36. The van der Waals surface area contributed by atoms with Crippen molar-refractivity contribution >= 4 is 39.3 Å². The van der Waals surface area contributed by atoms with E-state index < -0.39 is 0 Å². The van der Waals surface area contributed by atoms with Gasteiger partial charge in [0.1, 0.15) is 0 Å². The normalized spacial score (nSPS) is 15.3. The van der Waals surface area contributed by atoms with Crippen molar-refractivity contribution in [1.29, 1.82) is 0 Å². The number of carbonyl (C=O) groups excluding carboxylic acids is 1. The van der Waals surface area contributed by atoms with Crippen LogP contribution in [-0.2, 0) is 4.79 Å². The SMILES string of the molecule is Cc1ccccc1N1C(=O)C(=Cc2ccc(Br)cc2)C=C1c1ccccc1. The predicted octanol–water partition coefficient (Wildman–Crippen LogP) is 6.23. The molecule has 4 rings (SSSR count). The molecule has 132 valence electrons. The summed E-state index contributed by atoms with van der Waals surface area (Å²) in [6, 6.07) is 26.0. The molecule has 1 aliphatic heterocycles. The van der Waals surface area contributed by atoms with Gasteiger partial charge in [-0.25, -0.2) is 0 Å². The summed E-state index contributed by atoms with van der Waals surface area (Å²) in [5, 5.41) is 0. The second-order valence-electron chi connectivity index (χ2n) is 6.47. The zero-order valence-corrected chi connectivity index (χ0v) is 16.5. The third-order valence-corrected chi connectivity index (χ3v) is 5.13. The van der Waals surface area contributed by atoms with Crippen LogP contribution in [0.1, 0.15) is 16.7 Å². The van der Waals surface area contributed by atoms with E-state index in [1.807, 2.05) is 103 Å². The zero-order chi connectivity index (χ0) is 18.8. The Labute approximate surface area is 167 Å². The molecule has 2 nitrogen and oxygen atoms in total. The molecular formula is C24H18BrNO. The number of rotatable bonds is 3. The van der Waals surface area contributed by atoms with Gasteiger partial charge in [-0.05, 0) is 54.0 Å². The summed E-state index contributed by atoms with van der Waals surface area (Å²) in [5.74, 6) is -0.00827. The van der Waals surface area contributed by atoms with Crippen LogP contribution in [0.15, 0.2) is 95.0 Å². The van der Waals surface area contributed by atoms with Crippen molar-refractivity contribution < 1.29 is 4.79 Å². The molecule has 0 saturated carbocycles. The Morgan fingerprint density at radius 3 is 2.22 bits per heavy atom. The lowest BCUT2D eigenvalue weighted by molar-refractivity contribution is -0.113. The molecule has 27 heavy (non-hydrogen) atoms. The van der Waals surface area contributed by atoms with Gasteiger partial charge in [-0.3, -0.25) is 9.69 Å². The smallest absolute Gasteiger partial charge is 0.262 e.